The van der Waals surface area contributed by atoms with Crippen molar-refractivity contribution in [3.63, 3.8) is 0 Å². The van der Waals surface area contributed by atoms with E-state index in [1.807, 2.05) is 4.90 Å². The molecule has 6 nitrogen and oxygen atoms in total. The highest BCUT2D eigenvalue weighted by atomic mass is 16.5. The van der Waals surface area contributed by atoms with Gasteiger partial charge in [-0.2, -0.15) is 0 Å². The first-order chi connectivity index (χ1) is 11.5. The van der Waals surface area contributed by atoms with Crippen LogP contribution >= 0.6 is 0 Å². The first-order valence-electron chi connectivity index (χ1n) is 9.25. The van der Waals surface area contributed by atoms with Crippen LogP contribution in [0.5, 0.6) is 0 Å². The standard InChI is InChI=1S/C18H29N3O3/c1-12-6-8-15(9-7-12)23-11-17-19-20-18(24-17)16-5-4-10-21(13(16)2)14(3)22/h12-13,15-16H,4-11H2,1-3H3/t12?,13-,15?,16-/m0/s1. The van der Waals surface area contributed by atoms with Crippen LogP contribution in [0, 0.1) is 5.92 Å². The van der Waals surface area contributed by atoms with Gasteiger partial charge < -0.3 is 14.1 Å². The molecular formula is C18H29N3O3. The quantitative estimate of drug-likeness (QED) is 0.844. The monoisotopic (exact) mass is 335 g/mol. The maximum atomic E-state index is 11.7. The van der Waals surface area contributed by atoms with Crippen molar-refractivity contribution < 1.29 is 13.9 Å². The predicted molar refractivity (Wildman–Crippen MR) is 89.3 cm³/mol. The van der Waals surface area contributed by atoms with Crippen molar-refractivity contribution in [2.45, 2.75) is 84.0 Å². The van der Waals surface area contributed by atoms with Crippen LogP contribution in [0.4, 0.5) is 0 Å². The first-order valence-corrected chi connectivity index (χ1v) is 9.25. The smallest absolute Gasteiger partial charge is 0.242 e. The molecule has 24 heavy (non-hydrogen) atoms. The molecule has 0 unspecified atom stereocenters. The minimum Gasteiger partial charge on any atom is -0.422 e. The largest absolute Gasteiger partial charge is 0.422 e. The van der Waals surface area contributed by atoms with Gasteiger partial charge in [0.1, 0.15) is 6.61 Å². The predicted octanol–water partition coefficient (Wildman–Crippen LogP) is 3.28. The van der Waals surface area contributed by atoms with Crippen molar-refractivity contribution in [3.8, 4) is 0 Å². The van der Waals surface area contributed by atoms with Gasteiger partial charge in [-0.3, -0.25) is 4.79 Å². The zero-order valence-corrected chi connectivity index (χ0v) is 15.0. The highest BCUT2D eigenvalue weighted by molar-refractivity contribution is 5.73. The molecule has 134 valence electrons. The van der Waals surface area contributed by atoms with Crippen LogP contribution in [-0.4, -0.2) is 39.7 Å². The highest BCUT2D eigenvalue weighted by Gasteiger charge is 2.34. The summed E-state index contributed by atoms with van der Waals surface area (Å²) in [4.78, 5) is 13.6. The van der Waals surface area contributed by atoms with Gasteiger partial charge in [-0.15, -0.1) is 10.2 Å². The molecule has 1 saturated heterocycles. The molecule has 2 fully saturated rings. The highest BCUT2D eigenvalue weighted by Crippen LogP contribution is 2.32. The third-order valence-corrected chi connectivity index (χ3v) is 5.60. The Balaban J connectivity index is 1.56. The number of nitrogens with zero attached hydrogens (tertiary/aromatic N) is 3. The van der Waals surface area contributed by atoms with Crippen molar-refractivity contribution >= 4 is 5.91 Å². The zero-order chi connectivity index (χ0) is 17.1. The average molecular weight is 335 g/mol. The number of amides is 1. The van der Waals surface area contributed by atoms with Gasteiger partial charge in [0.25, 0.3) is 0 Å². The molecule has 2 atom stereocenters. The Hall–Kier alpha value is -1.43. The van der Waals surface area contributed by atoms with E-state index in [0.29, 0.717) is 24.5 Å². The van der Waals surface area contributed by atoms with Crippen LogP contribution in [0.3, 0.4) is 0 Å². The number of hydrogen-bond donors (Lipinski definition) is 0. The summed E-state index contributed by atoms with van der Waals surface area (Å²) in [6.45, 7) is 7.20. The topological polar surface area (TPSA) is 68.5 Å². The summed E-state index contributed by atoms with van der Waals surface area (Å²) in [6.07, 6.45) is 6.99. The number of aromatic nitrogens is 2. The number of rotatable bonds is 4. The summed E-state index contributed by atoms with van der Waals surface area (Å²) in [6, 6.07) is 0.102. The normalized spacial score (nSPS) is 31.2. The van der Waals surface area contributed by atoms with E-state index < -0.39 is 0 Å². The van der Waals surface area contributed by atoms with Gasteiger partial charge >= 0.3 is 0 Å². The van der Waals surface area contributed by atoms with Crippen LogP contribution in [-0.2, 0) is 16.1 Å². The minimum atomic E-state index is 0.102. The summed E-state index contributed by atoms with van der Waals surface area (Å²) in [5, 5.41) is 8.38. The molecular weight excluding hydrogens is 306 g/mol. The summed E-state index contributed by atoms with van der Waals surface area (Å²) >= 11 is 0. The second kappa shape index (κ2) is 7.64. The lowest BCUT2D eigenvalue weighted by molar-refractivity contribution is -0.132. The van der Waals surface area contributed by atoms with E-state index in [0.717, 1.165) is 38.1 Å². The number of likely N-dealkylation sites (tertiary alicyclic amines) is 1. The van der Waals surface area contributed by atoms with Crippen molar-refractivity contribution in [1.82, 2.24) is 15.1 Å². The molecule has 1 aromatic rings. The molecule has 3 rings (SSSR count). The molecule has 2 heterocycles. The lowest BCUT2D eigenvalue weighted by Crippen LogP contribution is -2.44. The third-order valence-electron chi connectivity index (χ3n) is 5.60. The van der Waals surface area contributed by atoms with E-state index in [4.69, 9.17) is 9.15 Å². The minimum absolute atomic E-state index is 0.102. The second-order valence-corrected chi connectivity index (χ2v) is 7.43. The van der Waals surface area contributed by atoms with E-state index in [1.54, 1.807) is 6.92 Å². The molecule has 1 aliphatic heterocycles. The van der Waals surface area contributed by atoms with Crippen molar-refractivity contribution in [3.05, 3.63) is 11.8 Å². The van der Waals surface area contributed by atoms with E-state index in [9.17, 15) is 4.79 Å². The Morgan fingerprint density at radius 1 is 1.21 bits per heavy atom. The molecule has 1 saturated carbocycles. The lowest BCUT2D eigenvalue weighted by Gasteiger charge is -2.37. The van der Waals surface area contributed by atoms with E-state index >= 15 is 0 Å². The van der Waals surface area contributed by atoms with Crippen LogP contribution in [0.25, 0.3) is 0 Å². The maximum Gasteiger partial charge on any atom is 0.242 e. The number of carbonyl (C=O) groups is 1. The maximum absolute atomic E-state index is 11.7. The number of hydrogen-bond acceptors (Lipinski definition) is 5. The number of ether oxygens (including phenoxy) is 1. The second-order valence-electron chi connectivity index (χ2n) is 7.43. The summed E-state index contributed by atoms with van der Waals surface area (Å²) in [5.74, 6) is 2.25. The van der Waals surface area contributed by atoms with E-state index in [-0.39, 0.29) is 17.9 Å². The van der Waals surface area contributed by atoms with Crippen LogP contribution in [0.2, 0.25) is 0 Å². The SMILES string of the molecule is CC(=O)N1CCC[C@H](c2nnc(COC3CCC(C)CC3)o2)[C@@H]1C. The molecule has 0 aromatic carbocycles. The molecule has 1 amide bonds. The van der Waals surface area contributed by atoms with E-state index in [2.05, 4.69) is 24.0 Å². The molecule has 1 aliphatic carbocycles. The molecule has 2 aliphatic rings. The van der Waals surface area contributed by atoms with Crippen molar-refractivity contribution in [1.29, 1.82) is 0 Å². The fraction of sp³-hybridized carbons (Fsp3) is 0.833. The van der Waals surface area contributed by atoms with Gasteiger partial charge in [0, 0.05) is 19.5 Å². The van der Waals surface area contributed by atoms with Gasteiger partial charge in [-0.1, -0.05) is 6.92 Å². The number of piperidine rings is 1. The van der Waals surface area contributed by atoms with Gasteiger partial charge in [0.2, 0.25) is 17.7 Å². The Morgan fingerprint density at radius 3 is 2.67 bits per heavy atom. The molecule has 0 N–H and O–H groups in total. The first kappa shape index (κ1) is 17.4. The fourth-order valence-electron chi connectivity index (χ4n) is 3.98. The molecule has 0 radical (unpaired) electrons. The molecule has 0 bridgehead atoms. The average Bonchev–Trinajstić information content (AvgIpc) is 3.03. The third kappa shape index (κ3) is 3.97. The fourth-order valence-corrected chi connectivity index (χ4v) is 3.98. The molecule has 6 heteroatoms. The zero-order valence-electron chi connectivity index (χ0n) is 15.0. The molecule has 0 spiro atoms. The molecule has 1 aromatic heterocycles. The number of carbonyl (C=O) groups excluding carboxylic acids is 1. The van der Waals surface area contributed by atoms with Gasteiger partial charge in [-0.25, -0.2) is 0 Å². The van der Waals surface area contributed by atoms with Crippen molar-refractivity contribution in [2.24, 2.45) is 5.92 Å². The van der Waals surface area contributed by atoms with Gasteiger partial charge in [0.05, 0.1) is 12.0 Å². The lowest BCUT2D eigenvalue weighted by atomic mass is 9.89. The van der Waals surface area contributed by atoms with Gasteiger partial charge in [0.15, 0.2) is 0 Å². The Bertz CT molecular complexity index is 551. The van der Waals surface area contributed by atoms with Crippen LogP contribution < -0.4 is 0 Å². The van der Waals surface area contributed by atoms with Crippen molar-refractivity contribution in [2.75, 3.05) is 6.54 Å². The van der Waals surface area contributed by atoms with E-state index in [1.165, 1.54) is 12.8 Å². The van der Waals surface area contributed by atoms with Gasteiger partial charge in [-0.05, 0) is 51.4 Å². The summed E-state index contributed by atoms with van der Waals surface area (Å²) < 4.78 is 11.8. The Labute approximate surface area is 143 Å². The Morgan fingerprint density at radius 2 is 1.96 bits per heavy atom. The summed E-state index contributed by atoms with van der Waals surface area (Å²) in [5.41, 5.74) is 0. The van der Waals surface area contributed by atoms with Crippen LogP contribution in [0.1, 0.15) is 77.0 Å². The Kier molecular flexibility index (Phi) is 5.54. The summed E-state index contributed by atoms with van der Waals surface area (Å²) in [7, 11) is 0. The van der Waals surface area contributed by atoms with Crippen LogP contribution in [0.15, 0.2) is 4.42 Å².